The molecule has 0 aliphatic rings. The van der Waals surface area contributed by atoms with Gasteiger partial charge in [-0.2, -0.15) is 0 Å². The minimum absolute atomic E-state index is 0.0737. The average molecular weight is 538 g/mol. The Kier molecular flexibility index (Phi) is 7.18. The first-order chi connectivity index (χ1) is 19.4. The van der Waals surface area contributed by atoms with Crippen molar-refractivity contribution >= 4 is 45.6 Å². The number of aromatic amines is 1. The van der Waals surface area contributed by atoms with Crippen LogP contribution in [0, 0.1) is 0 Å². The third-order valence-electron chi connectivity index (χ3n) is 6.21. The molecule has 40 heavy (non-hydrogen) atoms. The van der Waals surface area contributed by atoms with E-state index in [1.54, 1.807) is 61.7 Å². The lowest BCUT2D eigenvalue weighted by atomic mass is 10.1. The Labute approximate surface area is 226 Å². The third-order valence-corrected chi connectivity index (χ3v) is 6.21. The zero-order chi connectivity index (χ0) is 28.2. The van der Waals surface area contributed by atoms with E-state index in [-0.39, 0.29) is 34.0 Å². The predicted molar refractivity (Wildman–Crippen MR) is 149 cm³/mol. The number of hydrogen-bond donors (Lipinski definition) is 2. The molecule has 0 saturated heterocycles. The number of amides is 1. The highest BCUT2D eigenvalue weighted by Gasteiger charge is 2.15. The van der Waals surface area contributed by atoms with Crippen LogP contribution in [0.25, 0.3) is 28.0 Å². The lowest BCUT2D eigenvalue weighted by Gasteiger charge is -2.07. The van der Waals surface area contributed by atoms with Crippen LogP contribution in [0.5, 0.6) is 5.75 Å². The predicted octanol–water partition coefficient (Wildman–Crippen LogP) is 3.13. The highest BCUT2D eigenvalue weighted by Crippen LogP contribution is 2.18. The highest BCUT2D eigenvalue weighted by atomic mass is 16.5. The molecule has 0 aliphatic carbocycles. The first-order valence-corrected chi connectivity index (χ1v) is 12.1. The van der Waals surface area contributed by atoms with Crippen molar-refractivity contribution in [3.63, 3.8) is 0 Å². The normalized spacial score (nSPS) is 11.2. The van der Waals surface area contributed by atoms with Crippen molar-refractivity contribution in [3.8, 4) is 5.75 Å². The van der Waals surface area contributed by atoms with Gasteiger partial charge in [-0.3, -0.25) is 14.4 Å². The molecule has 0 bridgehead atoms. The van der Waals surface area contributed by atoms with Gasteiger partial charge in [0.2, 0.25) is 11.3 Å². The second-order valence-corrected chi connectivity index (χ2v) is 8.74. The smallest absolute Gasteiger partial charge is 0.339 e. The van der Waals surface area contributed by atoms with Crippen molar-refractivity contribution < 1.29 is 19.1 Å². The van der Waals surface area contributed by atoms with E-state index in [0.29, 0.717) is 17.0 Å². The van der Waals surface area contributed by atoms with Crippen molar-refractivity contribution in [3.05, 3.63) is 110 Å². The number of para-hydroxylation sites is 1. The standard InChI is InChI=1S/C29H23N5O6/c1-39-19-11-7-18(8-12-19)16-34-26-25(32-33-34)28(37)31-23-15-17(9-13-20(23)27(26)36)10-14-24(35)30-22-6-4-3-5-21(22)29(38)40-2/h3-15H,16H2,1-2H3,(H,30,35)(H,31,37)/b14-10+. The molecule has 0 spiro atoms. The first kappa shape index (κ1) is 26.0. The number of carbonyl (C=O) groups is 2. The van der Waals surface area contributed by atoms with E-state index in [4.69, 9.17) is 9.47 Å². The van der Waals surface area contributed by atoms with Crippen LogP contribution >= 0.6 is 0 Å². The molecule has 11 heteroatoms. The Balaban J connectivity index is 1.45. The van der Waals surface area contributed by atoms with Gasteiger partial charge in [0.15, 0.2) is 5.52 Å². The quantitative estimate of drug-likeness (QED) is 0.238. The van der Waals surface area contributed by atoms with E-state index >= 15 is 0 Å². The number of fused-ring (bicyclic) bond motifs is 2. The van der Waals surface area contributed by atoms with Crippen LogP contribution in [0.2, 0.25) is 0 Å². The Morgan fingerprint density at radius 2 is 1.80 bits per heavy atom. The van der Waals surface area contributed by atoms with Crippen molar-refractivity contribution in [2.45, 2.75) is 6.54 Å². The number of nitrogens with zero attached hydrogens (tertiary/aromatic N) is 3. The van der Waals surface area contributed by atoms with Gasteiger partial charge >= 0.3 is 5.97 Å². The maximum atomic E-state index is 13.5. The van der Waals surface area contributed by atoms with Crippen LogP contribution < -0.4 is 21.0 Å². The fraction of sp³-hybridized carbons (Fsp3) is 0.103. The van der Waals surface area contributed by atoms with Gasteiger partial charge in [0.25, 0.3) is 5.56 Å². The molecule has 2 aromatic heterocycles. The van der Waals surface area contributed by atoms with E-state index in [9.17, 15) is 19.2 Å². The molecular formula is C29H23N5O6. The number of esters is 1. The lowest BCUT2D eigenvalue weighted by molar-refractivity contribution is -0.111. The molecule has 0 fully saturated rings. The van der Waals surface area contributed by atoms with Gasteiger partial charge in [-0.1, -0.05) is 35.5 Å². The molecule has 0 unspecified atom stereocenters. The molecule has 1 amide bonds. The van der Waals surface area contributed by atoms with Crippen LogP contribution in [-0.4, -0.2) is 46.1 Å². The van der Waals surface area contributed by atoms with Gasteiger partial charge in [-0.05, 0) is 53.6 Å². The number of rotatable bonds is 7. The first-order valence-electron chi connectivity index (χ1n) is 12.1. The van der Waals surface area contributed by atoms with Crippen LogP contribution in [0.1, 0.15) is 21.5 Å². The fourth-order valence-electron chi connectivity index (χ4n) is 4.21. The Hall–Kier alpha value is -5.58. The molecule has 5 rings (SSSR count). The molecular weight excluding hydrogens is 514 g/mol. The maximum absolute atomic E-state index is 13.5. The van der Waals surface area contributed by atoms with Crippen LogP contribution in [0.4, 0.5) is 5.69 Å². The minimum Gasteiger partial charge on any atom is -0.497 e. The second kappa shape index (κ2) is 11.0. The van der Waals surface area contributed by atoms with Crippen molar-refractivity contribution in [1.82, 2.24) is 20.0 Å². The van der Waals surface area contributed by atoms with Gasteiger partial charge in [0.1, 0.15) is 11.3 Å². The van der Waals surface area contributed by atoms with E-state index in [0.717, 1.165) is 5.56 Å². The molecule has 0 atom stereocenters. The average Bonchev–Trinajstić information content (AvgIpc) is 3.35. The van der Waals surface area contributed by atoms with Gasteiger partial charge in [0, 0.05) is 11.5 Å². The van der Waals surface area contributed by atoms with Crippen LogP contribution in [0.15, 0.2) is 82.4 Å². The molecule has 200 valence electrons. The number of aromatic nitrogens is 4. The molecule has 3 aromatic carbocycles. The minimum atomic E-state index is -0.575. The summed E-state index contributed by atoms with van der Waals surface area (Å²) in [5.41, 5.74) is 1.24. The monoisotopic (exact) mass is 537 g/mol. The van der Waals surface area contributed by atoms with Crippen LogP contribution in [-0.2, 0) is 16.1 Å². The molecule has 0 radical (unpaired) electrons. The zero-order valence-electron chi connectivity index (χ0n) is 21.5. The van der Waals surface area contributed by atoms with Crippen molar-refractivity contribution in [2.75, 3.05) is 19.5 Å². The Morgan fingerprint density at radius 1 is 1.02 bits per heavy atom. The molecule has 0 aliphatic heterocycles. The Morgan fingerprint density at radius 3 is 2.55 bits per heavy atom. The van der Waals surface area contributed by atoms with Gasteiger partial charge in [-0.15, -0.1) is 5.10 Å². The second-order valence-electron chi connectivity index (χ2n) is 8.74. The Bertz CT molecular complexity index is 1910. The lowest BCUT2D eigenvalue weighted by Crippen LogP contribution is -2.12. The number of benzene rings is 3. The summed E-state index contributed by atoms with van der Waals surface area (Å²) in [7, 11) is 2.83. The SMILES string of the molecule is COC(=O)c1ccccc1NC(=O)/C=C/c1ccc2c(=O)c3c(nnn3Cc3ccc(OC)cc3)c(=O)[nH]c2c1. The van der Waals surface area contributed by atoms with Gasteiger partial charge in [0.05, 0.1) is 37.5 Å². The summed E-state index contributed by atoms with van der Waals surface area (Å²) in [5.74, 6) is -0.367. The van der Waals surface area contributed by atoms with E-state index in [2.05, 4.69) is 20.6 Å². The molecule has 5 aromatic rings. The largest absolute Gasteiger partial charge is 0.497 e. The summed E-state index contributed by atoms with van der Waals surface area (Å²) in [6.07, 6.45) is 2.80. The summed E-state index contributed by atoms with van der Waals surface area (Å²) < 4.78 is 11.3. The fourth-order valence-corrected chi connectivity index (χ4v) is 4.21. The number of anilines is 1. The summed E-state index contributed by atoms with van der Waals surface area (Å²) in [6.45, 7) is 0.232. The summed E-state index contributed by atoms with van der Waals surface area (Å²) in [4.78, 5) is 53.6. The third kappa shape index (κ3) is 5.20. The number of ether oxygens (including phenoxy) is 2. The molecule has 2 heterocycles. The summed E-state index contributed by atoms with van der Waals surface area (Å²) in [6, 6.07) is 18.5. The zero-order valence-corrected chi connectivity index (χ0v) is 21.5. The van der Waals surface area contributed by atoms with E-state index in [1.165, 1.54) is 23.9 Å². The topological polar surface area (TPSA) is 145 Å². The molecule has 2 N–H and O–H groups in total. The van der Waals surface area contributed by atoms with E-state index in [1.807, 2.05) is 12.1 Å². The number of carbonyl (C=O) groups excluding carboxylic acids is 2. The molecule has 0 saturated carbocycles. The summed E-state index contributed by atoms with van der Waals surface area (Å²) >= 11 is 0. The van der Waals surface area contributed by atoms with Gasteiger partial charge in [-0.25, -0.2) is 9.48 Å². The summed E-state index contributed by atoms with van der Waals surface area (Å²) in [5, 5.41) is 10.9. The van der Waals surface area contributed by atoms with Crippen LogP contribution in [0.3, 0.4) is 0 Å². The molecule has 11 nitrogen and oxygen atoms in total. The highest BCUT2D eigenvalue weighted by molar-refractivity contribution is 6.06. The van der Waals surface area contributed by atoms with Gasteiger partial charge < -0.3 is 19.8 Å². The van der Waals surface area contributed by atoms with Crippen molar-refractivity contribution in [1.29, 1.82) is 0 Å². The number of H-pyrrole nitrogens is 1. The number of methoxy groups -OCH3 is 2. The number of hydrogen-bond acceptors (Lipinski definition) is 8. The van der Waals surface area contributed by atoms with Crippen molar-refractivity contribution in [2.24, 2.45) is 0 Å². The maximum Gasteiger partial charge on any atom is 0.339 e. The van der Waals surface area contributed by atoms with E-state index < -0.39 is 22.9 Å². The number of nitrogens with one attached hydrogen (secondary N) is 2.